The van der Waals surface area contributed by atoms with Crippen molar-refractivity contribution < 1.29 is 24.2 Å². The van der Waals surface area contributed by atoms with Crippen LogP contribution in [-0.4, -0.2) is 45.6 Å². The van der Waals surface area contributed by atoms with Crippen molar-refractivity contribution in [3.8, 4) is 5.75 Å². The highest BCUT2D eigenvalue weighted by Crippen LogP contribution is 2.31. The smallest absolute Gasteiger partial charge is 0.408 e. The highest BCUT2D eigenvalue weighted by molar-refractivity contribution is 6.34. The second kappa shape index (κ2) is 14.2. The summed E-state index contributed by atoms with van der Waals surface area (Å²) in [7, 11) is 0. The van der Waals surface area contributed by atoms with Crippen LogP contribution in [0.2, 0.25) is 5.02 Å². The molecule has 0 aliphatic carbocycles. The monoisotopic (exact) mass is 593 g/mol. The van der Waals surface area contributed by atoms with Gasteiger partial charge in [-0.1, -0.05) is 73.1 Å². The van der Waals surface area contributed by atoms with Gasteiger partial charge in [-0.3, -0.25) is 9.59 Å². The molecule has 0 spiro atoms. The van der Waals surface area contributed by atoms with E-state index in [0.29, 0.717) is 28.3 Å². The first-order chi connectivity index (χ1) is 19.8. The van der Waals surface area contributed by atoms with Gasteiger partial charge >= 0.3 is 6.09 Å². The molecule has 3 unspecified atom stereocenters. The molecule has 3 atom stereocenters. The number of carbonyl (C=O) groups is 3. The van der Waals surface area contributed by atoms with Crippen LogP contribution in [0.5, 0.6) is 5.75 Å². The van der Waals surface area contributed by atoms with E-state index in [1.807, 2.05) is 45.0 Å². The number of amides is 3. The average molecular weight is 594 g/mol. The molecule has 0 saturated heterocycles. The summed E-state index contributed by atoms with van der Waals surface area (Å²) in [6, 6.07) is 18.3. The van der Waals surface area contributed by atoms with Crippen LogP contribution in [0.15, 0.2) is 72.8 Å². The van der Waals surface area contributed by atoms with Gasteiger partial charge in [0.05, 0.1) is 10.7 Å². The van der Waals surface area contributed by atoms with Crippen LogP contribution in [0.1, 0.15) is 63.8 Å². The number of aromatic hydroxyl groups is 1. The zero-order chi connectivity index (χ0) is 31.0. The summed E-state index contributed by atoms with van der Waals surface area (Å²) in [5, 5.41) is 15.8. The van der Waals surface area contributed by atoms with Crippen LogP contribution in [0, 0.1) is 6.92 Å². The number of ether oxygens (including phenoxy) is 1. The topological polar surface area (TPSA) is 108 Å². The van der Waals surface area contributed by atoms with Crippen molar-refractivity contribution in [3.63, 3.8) is 0 Å². The zero-order valence-electron chi connectivity index (χ0n) is 25.0. The van der Waals surface area contributed by atoms with E-state index in [1.54, 1.807) is 57.2 Å². The fourth-order valence-corrected chi connectivity index (χ4v) is 4.82. The van der Waals surface area contributed by atoms with Crippen molar-refractivity contribution in [2.24, 2.45) is 0 Å². The van der Waals surface area contributed by atoms with Gasteiger partial charge in [0.1, 0.15) is 23.4 Å². The fourth-order valence-electron chi connectivity index (χ4n) is 4.55. The summed E-state index contributed by atoms with van der Waals surface area (Å²) < 4.78 is 5.48. The summed E-state index contributed by atoms with van der Waals surface area (Å²) in [5.74, 6) is -0.812. The number of phenols is 1. The fraction of sp³-hybridized carbons (Fsp3) is 0.364. The number of hydrogen-bond acceptors (Lipinski definition) is 5. The first kappa shape index (κ1) is 32.5. The predicted octanol–water partition coefficient (Wildman–Crippen LogP) is 6.80. The molecule has 3 aromatic rings. The molecule has 0 aromatic heterocycles. The number of anilines is 1. The number of aryl methyl sites for hydroxylation is 1. The Morgan fingerprint density at radius 1 is 0.976 bits per heavy atom. The lowest BCUT2D eigenvalue weighted by Gasteiger charge is -2.38. The number of benzene rings is 3. The van der Waals surface area contributed by atoms with Gasteiger partial charge < -0.3 is 25.4 Å². The molecule has 0 heterocycles. The molecule has 0 bridgehead atoms. The van der Waals surface area contributed by atoms with Gasteiger partial charge in [0.25, 0.3) is 5.91 Å². The normalized spacial score (nSPS) is 13.4. The van der Waals surface area contributed by atoms with Gasteiger partial charge in [0, 0.05) is 12.5 Å². The number of nitrogens with zero attached hydrogens (tertiary/aromatic N) is 1. The maximum Gasteiger partial charge on any atom is 0.408 e. The lowest BCUT2D eigenvalue weighted by Crippen LogP contribution is -2.55. The molecule has 3 rings (SSSR count). The first-order valence-corrected chi connectivity index (χ1v) is 14.4. The van der Waals surface area contributed by atoms with E-state index < -0.39 is 35.6 Å². The minimum absolute atomic E-state index is 0.0821. The SMILES string of the molecule is CCC(C)N(C(=O)C(Cc1ccc(O)cc1)NC(=O)OC(C)(C)C)C(C(=O)Nc1c(C)cccc1Cl)c1ccccc1. The summed E-state index contributed by atoms with van der Waals surface area (Å²) in [5.41, 5.74) is 1.77. The van der Waals surface area contributed by atoms with Gasteiger partial charge in [-0.05, 0) is 75.9 Å². The van der Waals surface area contributed by atoms with Crippen molar-refractivity contribution in [2.75, 3.05) is 5.32 Å². The number of nitrogens with one attached hydrogen (secondary N) is 2. The second-order valence-corrected chi connectivity index (χ2v) is 11.7. The Kier molecular flexibility index (Phi) is 11.0. The van der Waals surface area contributed by atoms with Crippen LogP contribution in [-0.2, 0) is 20.7 Å². The summed E-state index contributed by atoms with van der Waals surface area (Å²) in [6.07, 6.45) is -0.0969. The number of rotatable bonds is 10. The number of phenolic OH excluding ortho intramolecular Hbond substituents is 1. The Balaban J connectivity index is 2.09. The minimum Gasteiger partial charge on any atom is -0.508 e. The van der Waals surface area contributed by atoms with Crippen LogP contribution in [0.3, 0.4) is 0 Å². The Morgan fingerprint density at radius 2 is 1.62 bits per heavy atom. The maximum atomic E-state index is 14.5. The van der Waals surface area contributed by atoms with Gasteiger partial charge in [-0.25, -0.2) is 4.79 Å². The van der Waals surface area contributed by atoms with E-state index in [0.717, 1.165) is 5.56 Å². The standard InChI is InChI=1S/C33H40ClN3O5/c1-7-22(3)37(29(24-13-9-8-10-14-24)30(39)36-28-21(2)12-11-15-26(28)34)31(40)27(35-32(41)42-33(4,5)6)20-23-16-18-25(38)19-17-23/h8-19,22,27,29,38H,7,20H2,1-6H3,(H,35,41)(H,36,39). The number of halogens is 1. The van der Waals surface area contributed by atoms with Gasteiger partial charge in [-0.15, -0.1) is 0 Å². The molecule has 3 amide bonds. The number of hydrogen-bond donors (Lipinski definition) is 3. The molecular weight excluding hydrogens is 554 g/mol. The molecular formula is C33H40ClN3O5. The molecule has 8 nitrogen and oxygen atoms in total. The molecule has 0 aliphatic heterocycles. The van der Waals surface area contributed by atoms with Gasteiger partial charge in [0.2, 0.25) is 5.91 Å². The van der Waals surface area contributed by atoms with Crippen LogP contribution >= 0.6 is 11.6 Å². The quantitative estimate of drug-likeness (QED) is 0.240. The largest absolute Gasteiger partial charge is 0.508 e. The lowest BCUT2D eigenvalue weighted by molar-refractivity contribution is -0.143. The van der Waals surface area contributed by atoms with Crippen molar-refractivity contribution in [3.05, 3.63) is 94.5 Å². The predicted molar refractivity (Wildman–Crippen MR) is 166 cm³/mol. The number of alkyl carbamates (subject to hydrolysis) is 1. The zero-order valence-corrected chi connectivity index (χ0v) is 25.7. The molecule has 0 saturated carbocycles. The second-order valence-electron chi connectivity index (χ2n) is 11.3. The van der Waals surface area contributed by atoms with Gasteiger partial charge in [-0.2, -0.15) is 0 Å². The molecule has 9 heteroatoms. The Morgan fingerprint density at radius 3 is 2.19 bits per heavy atom. The van der Waals surface area contributed by atoms with Crippen LogP contribution in [0.4, 0.5) is 10.5 Å². The Bertz CT molecular complexity index is 1350. The highest BCUT2D eigenvalue weighted by atomic mass is 35.5. The van der Waals surface area contributed by atoms with E-state index >= 15 is 0 Å². The molecule has 3 N–H and O–H groups in total. The molecule has 3 aromatic carbocycles. The van der Waals surface area contributed by atoms with E-state index in [-0.39, 0.29) is 18.2 Å². The van der Waals surface area contributed by atoms with Crippen LogP contribution < -0.4 is 10.6 Å². The minimum atomic E-state index is -1.07. The lowest BCUT2D eigenvalue weighted by atomic mass is 9.97. The Labute approximate surface area is 253 Å². The average Bonchev–Trinajstić information content (AvgIpc) is 2.93. The van der Waals surface area contributed by atoms with E-state index in [9.17, 15) is 19.5 Å². The first-order valence-electron chi connectivity index (χ1n) is 14.0. The van der Waals surface area contributed by atoms with E-state index in [4.69, 9.17) is 16.3 Å². The summed E-state index contributed by atoms with van der Waals surface area (Å²) >= 11 is 6.44. The molecule has 0 aliphatic rings. The van der Waals surface area contributed by atoms with Crippen molar-refractivity contribution in [2.45, 2.75) is 78.1 Å². The summed E-state index contributed by atoms with van der Waals surface area (Å²) in [6.45, 7) is 10.9. The highest BCUT2D eigenvalue weighted by Gasteiger charge is 2.39. The number of carbonyl (C=O) groups excluding carboxylic acids is 3. The third-order valence-corrected chi connectivity index (χ3v) is 7.11. The summed E-state index contributed by atoms with van der Waals surface area (Å²) in [4.78, 5) is 43.1. The molecule has 42 heavy (non-hydrogen) atoms. The van der Waals surface area contributed by atoms with Crippen LogP contribution in [0.25, 0.3) is 0 Å². The van der Waals surface area contributed by atoms with Crippen molar-refractivity contribution in [1.82, 2.24) is 10.2 Å². The molecule has 0 fully saturated rings. The van der Waals surface area contributed by atoms with Gasteiger partial charge in [0.15, 0.2) is 0 Å². The Hall–Kier alpha value is -4.04. The maximum absolute atomic E-state index is 14.5. The molecule has 0 radical (unpaired) electrons. The van der Waals surface area contributed by atoms with Crippen molar-refractivity contribution >= 4 is 35.2 Å². The number of para-hydroxylation sites is 1. The molecule has 224 valence electrons. The third kappa shape index (κ3) is 8.73. The van der Waals surface area contributed by atoms with E-state index in [1.165, 1.54) is 17.0 Å². The van der Waals surface area contributed by atoms with E-state index in [2.05, 4.69) is 10.6 Å². The van der Waals surface area contributed by atoms with Crippen molar-refractivity contribution in [1.29, 1.82) is 0 Å². The third-order valence-electron chi connectivity index (χ3n) is 6.80.